The smallest absolute Gasteiger partial charge is 0.407 e. The van der Waals surface area contributed by atoms with E-state index >= 15 is 0 Å². The lowest BCUT2D eigenvalue weighted by Gasteiger charge is -2.20. The minimum atomic E-state index is -0.502. The zero-order chi connectivity index (χ0) is 19.7. The van der Waals surface area contributed by atoms with Gasteiger partial charge in [-0.2, -0.15) is 0 Å². The standard InChI is InChI=1S/C19H28N6O2.HI/c1-19(2,3)27-18(26)23-10-9-22-17(20-4)24-13-15-7-5-6-8-16(15)25-12-11-21-14-25;/h5-8,11-12,14H,9-10,13H2,1-4H3,(H,23,26)(H2,20,22,24);1H. The molecule has 1 aromatic carbocycles. The summed E-state index contributed by atoms with van der Waals surface area (Å²) in [5.41, 5.74) is 1.67. The number of alkyl carbamates (subject to hydrolysis) is 1. The number of aromatic nitrogens is 2. The van der Waals surface area contributed by atoms with E-state index in [1.807, 2.05) is 49.7 Å². The number of benzene rings is 1. The Bertz CT molecular complexity index is 756. The van der Waals surface area contributed by atoms with Crippen LogP contribution in [0.15, 0.2) is 48.0 Å². The highest BCUT2D eigenvalue weighted by Gasteiger charge is 2.15. The number of nitrogens with zero attached hydrogens (tertiary/aromatic N) is 3. The Balaban J connectivity index is 0.00000392. The van der Waals surface area contributed by atoms with E-state index in [4.69, 9.17) is 4.74 Å². The van der Waals surface area contributed by atoms with E-state index in [9.17, 15) is 4.79 Å². The molecule has 28 heavy (non-hydrogen) atoms. The molecule has 0 radical (unpaired) electrons. The summed E-state index contributed by atoms with van der Waals surface area (Å²) < 4.78 is 7.16. The normalized spacial score (nSPS) is 11.4. The molecular weight excluding hydrogens is 471 g/mol. The fraction of sp³-hybridized carbons (Fsp3) is 0.421. The Morgan fingerprint density at radius 2 is 1.89 bits per heavy atom. The molecule has 0 bridgehead atoms. The molecule has 0 fully saturated rings. The highest BCUT2D eigenvalue weighted by molar-refractivity contribution is 14.0. The highest BCUT2D eigenvalue weighted by Crippen LogP contribution is 2.13. The van der Waals surface area contributed by atoms with Crippen molar-refractivity contribution < 1.29 is 9.53 Å². The van der Waals surface area contributed by atoms with Gasteiger partial charge in [0.1, 0.15) is 5.60 Å². The SMILES string of the molecule is CN=C(NCCNC(=O)OC(C)(C)C)NCc1ccccc1-n1ccnc1.I. The molecule has 1 amide bonds. The Morgan fingerprint density at radius 3 is 2.54 bits per heavy atom. The van der Waals surface area contributed by atoms with Crippen LogP contribution in [0, 0.1) is 0 Å². The van der Waals surface area contributed by atoms with Crippen molar-refractivity contribution in [1.82, 2.24) is 25.5 Å². The molecule has 0 aliphatic carbocycles. The van der Waals surface area contributed by atoms with Gasteiger partial charge in [0, 0.05) is 39.1 Å². The second-order valence-electron chi connectivity index (χ2n) is 6.88. The van der Waals surface area contributed by atoms with Crippen molar-refractivity contribution in [1.29, 1.82) is 0 Å². The van der Waals surface area contributed by atoms with Gasteiger partial charge in [0.05, 0.1) is 12.0 Å². The maximum absolute atomic E-state index is 11.6. The van der Waals surface area contributed by atoms with Gasteiger partial charge in [-0.05, 0) is 32.4 Å². The lowest BCUT2D eigenvalue weighted by atomic mass is 10.1. The van der Waals surface area contributed by atoms with Gasteiger partial charge in [0.2, 0.25) is 0 Å². The van der Waals surface area contributed by atoms with Crippen molar-refractivity contribution in [2.75, 3.05) is 20.1 Å². The highest BCUT2D eigenvalue weighted by atomic mass is 127. The monoisotopic (exact) mass is 500 g/mol. The topological polar surface area (TPSA) is 92.6 Å². The van der Waals surface area contributed by atoms with Crippen LogP contribution < -0.4 is 16.0 Å². The Hall–Kier alpha value is -2.30. The average molecular weight is 500 g/mol. The van der Waals surface area contributed by atoms with Gasteiger partial charge in [-0.3, -0.25) is 4.99 Å². The third-order valence-corrected chi connectivity index (χ3v) is 3.53. The predicted octanol–water partition coefficient (Wildman–Crippen LogP) is 2.68. The number of nitrogens with one attached hydrogen (secondary N) is 3. The van der Waals surface area contributed by atoms with Crippen LogP contribution in [0.1, 0.15) is 26.3 Å². The minimum Gasteiger partial charge on any atom is -0.444 e. The molecule has 0 saturated carbocycles. The molecule has 0 saturated heterocycles. The van der Waals surface area contributed by atoms with Crippen LogP contribution >= 0.6 is 24.0 Å². The van der Waals surface area contributed by atoms with Crippen molar-refractivity contribution >= 4 is 36.0 Å². The quantitative estimate of drug-likeness (QED) is 0.246. The van der Waals surface area contributed by atoms with E-state index in [-0.39, 0.29) is 24.0 Å². The molecule has 0 unspecified atom stereocenters. The predicted molar refractivity (Wildman–Crippen MR) is 121 cm³/mol. The number of para-hydroxylation sites is 1. The largest absolute Gasteiger partial charge is 0.444 e. The molecule has 8 nitrogen and oxygen atoms in total. The summed E-state index contributed by atoms with van der Waals surface area (Å²) in [6.45, 7) is 7.06. The first-order chi connectivity index (χ1) is 12.9. The molecule has 2 rings (SSSR count). The average Bonchev–Trinajstić information content (AvgIpc) is 3.14. The minimum absolute atomic E-state index is 0. The van der Waals surface area contributed by atoms with Gasteiger partial charge in [-0.15, -0.1) is 24.0 Å². The number of amides is 1. The number of hydrogen-bond acceptors (Lipinski definition) is 4. The molecule has 0 aliphatic rings. The molecule has 1 aromatic heterocycles. The van der Waals surface area contributed by atoms with Crippen LogP contribution in [0.5, 0.6) is 0 Å². The number of guanidine groups is 1. The summed E-state index contributed by atoms with van der Waals surface area (Å²) in [6.07, 6.45) is 5.01. The molecule has 9 heteroatoms. The van der Waals surface area contributed by atoms with Crippen molar-refractivity contribution in [3.8, 4) is 5.69 Å². The van der Waals surface area contributed by atoms with E-state index < -0.39 is 11.7 Å². The van der Waals surface area contributed by atoms with Gasteiger partial charge in [0.25, 0.3) is 0 Å². The maximum atomic E-state index is 11.6. The third-order valence-electron chi connectivity index (χ3n) is 3.53. The van der Waals surface area contributed by atoms with Gasteiger partial charge >= 0.3 is 6.09 Å². The zero-order valence-electron chi connectivity index (χ0n) is 16.7. The number of carbonyl (C=O) groups excluding carboxylic acids is 1. The van der Waals surface area contributed by atoms with E-state index in [2.05, 4.69) is 32.0 Å². The summed E-state index contributed by atoms with van der Waals surface area (Å²) in [5.74, 6) is 0.654. The van der Waals surface area contributed by atoms with Gasteiger partial charge in [-0.25, -0.2) is 9.78 Å². The second kappa shape index (κ2) is 11.5. The summed E-state index contributed by atoms with van der Waals surface area (Å²) in [6, 6.07) is 8.09. The third kappa shape index (κ3) is 8.15. The van der Waals surface area contributed by atoms with Gasteiger partial charge in [-0.1, -0.05) is 18.2 Å². The molecule has 1 heterocycles. The van der Waals surface area contributed by atoms with Gasteiger partial charge in [0.15, 0.2) is 5.96 Å². The first kappa shape index (κ1) is 23.7. The molecular formula is C19H29IN6O2. The fourth-order valence-electron chi connectivity index (χ4n) is 2.37. The number of carbonyl (C=O) groups is 1. The molecule has 0 spiro atoms. The molecule has 0 atom stereocenters. The summed E-state index contributed by atoms with van der Waals surface area (Å²) in [5, 5.41) is 9.14. The summed E-state index contributed by atoms with van der Waals surface area (Å²) in [7, 11) is 1.71. The fourth-order valence-corrected chi connectivity index (χ4v) is 2.37. The number of hydrogen-bond donors (Lipinski definition) is 3. The van der Waals surface area contributed by atoms with Crippen LogP contribution in [-0.4, -0.2) is 47.3 Å². The number of aliphatic imine (C=N–C) groups is 1. The van der Waals surface area contributed by atoms with Crippen LogP contribution in [-0.2, 0) is 11.3 Å². The van der Waals surface area contributed by atoms with Crippen molar-refractivity contribution in [3.05, 3.63) is 48.5 Å². The van der Waals surface area contributed by atoms with Crippen LogP contribution in [0.3, 0.4) is 0 Å². The number of ether oxygens (including phenoxy) is 1. The number of imidazole rings is 1. The van der Waals surface area contributed by atoms with E-state index in [0.717, 1.165) is 11.3 Å². The van der Waals surface area contributed by atoms with Crippen molar-refractivity contribution in [2.24, 2.45) is 4.99 Å². The molecule has 154 valence electrons. The van der Waals surface area contributed by atoms with Gasteiger partial charge < -0.3 is 25.3 Å². The lowest BCUT2D eigenvalue weighted by molar-refractivity contribution is 0.0529. The zero-order valence-corrected chi connectivity index (χ0v) is 19.1. The second-order valence-corrected chi connectivity index (χ2v) is 6.88. The molecule has 3 N–H and O–H groups in total. The number of halogens is 1. The number of rotatable bonds is 6. The van der Waals surface area contributed by atoms with E-state index in [0.29, 0.717) is 25.6 Å². The van der Waals surface area contributed by atoms with Crippen LogP contribution in [0.4, 0.5) is 4.79 Å². The molecule has 2 aromatic rings. The Labute approximate surface area is 183 Å². The Morgan fingerprint density at radius 1 is 1.18 bits per heavy atom. The van der Waals surface area contributed by atoms with Crippen molar-refractivity contribution in [3.63, 3.8) is 0 Å². The first-order valence-electron chi connectivity index (χ1n) is 8.86. The lowest BCUT2D eigenvalue weighted by Crippen LogP contribution is -2.42. The van der Waals surface area contributed by atoms with Crippen LogP contribution in [0.25, 0.3) is 5.69 Å². The summed E-state index contributed by atoms with van der Waals surface area (Å²) >= 11 is 0. The van der Waals surface area contributed by atoms with E-state index in [1.54, 1.807) is 19.6 Å². The van der Waals surface area contributed by atoms with Crippen molar-refractivity contribution in [2.45, 2.75) is 32.9 Å². The van der Waals surface area contributed by atoms with Crippen LogP contribution in [0.2, 0.25) is 0 Å². The summed E-state index contributed by atoms with van der Waals surface area (Å²) in [4.78, 5) is 19.9. The first-order valence-corrected chi connectivity index (χ1v) is 8.86. The van der Waals surface area contributed by atoms with E-state index in [1.165, 1.54) is 0 Å². The molecule has 0 aliphatic heterocycles. The Kier molecular flexibility index (Phi) is 9.77. The maximum Gasteiger partial charge on any atom is 0.407 e.